The standard InChI is InChI=1S/C14H20ClN/c1-14(2)7-6-10-4-5-11(15)8-12(10)13(9-14)16-3/h4-5,8,13,16H,6-7,9H2,1-3H3. The molecule has 1 nitrogen and oxygen atoms in total. The smallest absolute Gasteiger partial charge is 0.0409 e. The quantitative estimate of drug-likeness (QED) is 0.729. The summed E-state index contributed by atoms with van der Waals surface area (Å²) in [6.45, 7) is 4.70. The van der Waals surface area contributed by atoms with Gasteiger partial charge >= 0.3 is 0 Å². The summed E-state index contributed by atoms with van der Waals surface area (Å²) < 4.78 is 0. The van der Waals surface area contributed by atoms with Crippen LogP contribution in [-0.2, 0) is 6.42 Å². The maximum absolute atomic E-state index is 6.10. The molecule has 2 rings (SSSR count). The molecule has 0 amide bonds. The molecule has 0 fully saturated rings. The van der Waals surface area contributed by atoms with Gasteiger partial charge in [-0.25, -0.2) is 0 Å². The van der Waals surface area contributed by atoms with Crippen LogP contribution in [0.2, 0.25) is 5.02 Å². The lowest BCUT2D eigenvalue weighted by molar-refractivity contribution is 0.279. The number of rotatable bonds is 1. The van der Waals surface area contributed by atoms with Crippen LogP contribution in [0.3, 0.4) is 0 Å². The van der Waals surface area contributed by atoms with E-state index in [1.54, 1.807) is 0 Å². The number of hydrogen-bond donors (Lipinski definition) is 1. The molecule has 0 bridgehead atoms. The molecule has 1 unspecified atom stereocenters. The second-order valence-corrected chi connectivity index (χ2v) is 5.99. The highest BCUT2D eigenvalue weighted by molar-refractivity contribution is 6.30. The summed E-state index contributed by atoms with van der Waals surface area (Å²) in [5.74, 6) is 0. The SMILES string of the molecule is CNC1CC(C)(C)CCc2ccc(Cl)cc21. The maximum atomic E-state index is 6.10. The first kappa shape index (κ1) is 11.9. The third-order valence-corrected chi connectivity index (χ3v) is 3.89. The molecular weight excluding hydrogens is 218 g/mol. The second kappa shape index (κ2) is 4.38. The molecule has 0 aliphatic heterocycles. The summed E-state index contributed by atoms with van der Waals surface area (Å²) in [6, 6.07) is 6.75. The molecule has 1 aromatic carbocycles. The highest BCUT2D eigenvalue weighted by Crippen LogP contribution is 2.39. The Bertz CT molecular complexity index is 384. The average Bonchev–Trinajstić information content (AvgIpc) is 2.36. The number of halogens is 1. The fourth-order valence-corrected chi connectivity index (χ4v) is 2.79. The molecule has 2 heteroatoms. The number of nitrogens with one attached hydrogen (secondary N) is 1. The van der Waals surface area contributed by atoms with Crippen molar-refractivity contribution in [3.8, 4) is 0 Å². The van der Waals surface area contributed by atoms with Crippen LogP contribution in [0, 0.1) is 5.41 Å². The molecule has 0 aromatic heterocycles. The van der Waals surface area contributed by atoms with Gasteiger partial charge in [0, 0.05) is 11.1 Å². The van der Waals surface area contributed by atoms with Crippen LogP contribution in [0.4, 0.5) is 0 Å². The molecule has 0 saturated heterocycles. The van der Waals surface area contributed by atoms with E-state index in [0.717, 1.165) is 11.4 Å². The topological polar surface area (TPSA) is 12.0 Å². The summed E-state index contributed by atoms with van der Waals surface area (Å²) in [4.78, 5) is 0. The van der Waals surface area contributed by atoms with Gasteiger partial charge in [-0.2, -0.15) is 0 Å². The van der Waals surface area contributed by atoms with E-state index < -0.39 is 0 Å². The lowest BCUT2D eigenvalue weighted by Crippen LogP contribution is -2.22. The van der Waals surface area contributed by atoms with Crippen molar-refractivity contribution in [3.05, 3.63) is 34.3 Å². The van der Waals surface area contributed by atoms with Gasteiger partial charge in [0.2, 0.25) is 0 Å². The Labute approximate surface area is 103 Å². The first-order chi connectivity index (χ1) is 7.52. The fourth-order valence-electron chi connectivity index (χ4n) is 2.61. The second-order valence-electron chi connectivity index (χ2n) is 5.55. The van der Waals surface area contributed by atoms with E-state index >= 15 is 0 Å². The van der Waals surface area contributed by atoms with Gasteiger partial charge in [0.1, 0.15) is 0 Å². The minimum atomic E-state index is 0.402. The molecule has 88 valence electrons. The molecular formula is C14H20ClN. The van der Waals surface area contributed by atoms with Crippen LogP contribution in [0.15, 0.2) is 18.2 Å². The van der Waals surface area contributed by atoms with E-state index in [1.807, 2.05) is 13.1 Å². The van der Waals surface area contributed by atoms with Crippen LogP contribution in [0.25, 0.3) is 0 Å². The van der Waals surface area contributed by atoms with E-state index in [2.05, 4.69) is 31.3 Å². The summed E-state index contributed by atoms with van der Waals surface area (Å²) in [5, 5.41) is 4.27. The van der Waals surface area contributed by atoms with E-state index in [1.165, 1.54) is 24.0 Å². The van der Waals surface area contributed by atoms with Gasteiger partial charge in [0.25, 0.3) is 0 Å². The molecule has 1 aliphatic rings. The fraction of sp³-hybridized carbons (Fsp3) is 0.571. The Morgan fingerprint density at radius 1 is 1.38 bits per heavy atom. The number of fused-ring (bicyclic) bond motifs is 1. The van der Waals surface area contributed by atoms with Crippen molar-refractivity contribution in [1.82, 2.24) is 5.32 Å². The summed E-state index contributed by atoms with van der Waals surface area (Å²) >= 11 is 6.10. The highest BCUT2D eigenvalue weighted by atomic mass is 35.5. The molecule has 1 aliphatic carbocycles. The van der Waals surface area contributed by atoms with E-state index in [-0.39, 0.29) is 0 Å². The van der Waals surface area contributed by atoms with Gasteiger partial charge in [-0.15, -0.1) is 0 Å². The number of aryl methyl sites for hydroxylation is 1. The molecule has 0 radical (unpaired) electrons. The average molecular weight is 238 g/mol. The summed E-state index contributed by atoms with van der Waals surface area (Å²) in [7, 11) is 2.04. The first-order valence-corrected chi connectivity index (χ1v) is 6.35. The normalized spacial score (nSPS) is 23.6. The zero-order valence-corrected chi connectivity index (χ0v) is 11.1. The van der Waals surface area contributed by atoms with Crippen molar-refractivity contribution in [1.29, 1.82) is 0 Å². The molecule has 0 heterocycles. The van der Waals surface area contributed by atoms with Gasteiger partial charge in [-0.05, 0) is 55.0 Å². The van der Waals surface area contributed by atoms with E-state index in [0.29, 0.717) is 11.5 Å². The Balaban J connectivity index is 2.41. The van der Waals surface area contributed by atoms with Crippen molar-refractivity contribution in [3.63, 3.8) is 0 Å². The Hall–Kier alpha value is -0.530. The molecule has 1 N–H and O–H groups in total. The zero-order valence-electron chi connectivity index (χ0n) is 10.3. The monoisotopic (exact) mass is 237 g/mol. The third-order valence-electron chi connectivity index (χ3n) is 3.66. The molecule has 16 heavy (non-hydrogen) atoms. The predicted molar refractivity (Wildman–Crippen MR) is 70.0 cm³/mol. The van der Waals surface area contributed by atoms with Crippen LogP contribution in [0.1, 0.15) is 43.9 Å². The van der Waals surface area contributed by atoms with Crippen molar-refractivity contribution >= 4 is 11.6 Å². The lowest BCUT2D eigenvalue weighted by Gasteiger charge is -2.26. The van der Waals surface area contributed by atoms with E-state index in [9.17, 15) is 0 Å². The third kappa shape index (κ3) is 2.41. The summed E-state index contributed by atoms with van der Waals surface area (Å²) in [6.07, 6.45) is 3.59. The Morgan fingerprint density at radius 2 is 2.12 bits per heavy atom. The zero-order chi connectivity index (χ0) is 11.8. The van der Waals surface area contributed by atoms with Gasteiger partial charge in [-0.3, -0.25) is 0 Å². The minimum absolute atomic E-state index is 0.402. The molecule has 1 aromatic rings. The number of hydrogen-bond acceptors (Lipinski definition) is 1. The minimum Gasteiger partial charge on any atom is -0.313 e. The predicted octanol–water partition coefficient (Wildman–Crippen LogP) is 3.96. The molecule has 0 spiro atoms. The Morgan fingerprint density at radius 3 is 2.81 bits per heavy atom. The van der Waals surface area contributed by atoms with Crippen molar-refractivity contribution in [2.75, 3.05) is 7.05 Å². The van der Waals surface area contributed by atoms with Crippen LogP contribution in [-0.4, -0.2) is 7.05 Å². The largest absolute Gasteiger partial charge is 0.313 e. The first-order valence-electron chi connectivity index (χ1n) is 5.97. The van der Waals surface area contributed by atoms with Crippen molar-refractivity contribution < 1.29 is 0 Å². The van der Waals surface area contributed by atoms with Crippen LogP contribution >= 0.6 is 11.6 Å². The molecule has 1 atom stereocenters. The highest BCUT2D eigenvalue weighted by Gasteiger charge is 2.28. The van der Waals surface area contributed by atoms with Crippen LogP contribution in [0.5, 0.6) is 0 Å². The van der Waals surface area contributed by atoms with Crippen molar-refractivity contribution in [2.45, 2.75) is 39.2 Å². The maximum Gasteiger partial charge on any atom is 0.0409 e. The van der Waals surface area contributed by atoms with E-state index in [4.69, 9.17) is 11.6 Å². The number of benzene rings is 1. The van der Waals surface area contributed by atoms with Gasteiger partial charge in [0.15, 0.2) is 0 Å². The molecule has 0 saturated carbocycles. The van der Waals surface area contributed by atoms with Crippen molar-refractivity contribution in [2.24, 2.45) is 5.41 Å². The van der Waals surface area contributed by atoms with Gasteiger partial charge in [-0.1, -0.05) is 31.5 Å². The van der Waals surface area contributed by atoms with Crippen LogP contribution < -0.4 is 5.32 Å². The summed E-state index contributed by atoms with van der Waals surface area (Å²) in [5.41, 5.74) is 3.24. The van der Waals surface area contributed by atoms with Gasteiger partial charge < -0.3 is 5.32 Å². The lowest BCUT2D eigenvalue weighted by atomic mass is 9.83. The van der Waals surface area contributed by atoms with Gasteiger partial charge in [0.05, 0.1) is 0 Å². The Kier molecular flexibility index (Phi) is 3.27.